The molecule has 0 atom stereocenters. The molecule has 0 aliphatic carbocycles. The zero-order valence-corrected chi connectivity index (χ0v) is 16.2. The van der Waals surface area contributed by atoms with Crippen LogP contribution in [-0.2, 0) is 13.1 Å². The van der Waals surface area contributed by atoms with Crippen molar-refractivity contribution >= 4 is 11.7 Å². The zero-order chi connectivity index (χ0) is 19.9. The van der Waals surface area contributed by atoms with Crippen LogP contribution in [0.2, 0.25) is 0 Å². The summed E-state index contributed by atoms with van der Waals surface area (Å²) in [7, 11) is 0. The highest BCUT2D eigenvalue weighted by Gasteiger charge is 2.19. The molecule has 0 radical (unpaired) electrons. The summed E-state index contributed by atoms with van der Waals surface area (Å²) in [6.07, 6.45) is 6.65. The molecule has 1 aliphatic rings. The van der Waals surface area contributed by atoms with Crippen LogP contribution in [0.1, 0.15) is 21.6 Å². The number of aromatic nitrogens is 3. The summed E-state index contributed by atoms with van der Waals surface area (Å²) in [5.74, 6) is 0.587. The van der Waals surface area contributed by atoms with Crippen molar-refractivity contribution in [1.29, 1.82) is 0 Å². The molecule has 1 amide bonds. The number of benzene rings is 1. The van der Waals surface area contributed by atoms with Crippen molar-refractivity contribution in [2.24, 2.45) is 0 Å². The van der Waals surface area contributed by atoms with Crippen molar-refractivity contribution < 1.29 is 4.79 Å². The normalized spacial score (nSPS) is 14.6. The van der Waals surface area contributed by atoms with Gasteiger partial charge in [0.2, 0.25) is 0 Å². The van der Waals surface area contributed by atoms with E-state index in [-0.39, 0.29) is 5.91 Å². The molecule has 2 aromatic heterocycles. The molecule has 7 nitrogen and oxygen atoms in total. The second-order valence-corrected chi connectivity index (χ2v) is 7.05. The largest absolute Gasteiger partial charge is 0.353 e. The fourth-order valence-corrected chi connectivity index (χ4v) is 3.35. The van der Waals surface area contributed by atoms with E-state index in [1.807, 2.05) is 18.2 Å². The number of hydrogen-bond acceptors (Lipinski definition) is 6. The van der Waals surface area contributed by atoms with E-state index in [0.29, 0.717) is 12.2 Å². The molecule has 148 valence electrons. The Bertz CT molecular complexity index is 909. The van der Waals surface area contributed by atoms with Gasteiger partial charge in [-0.3, -0.25) is 14.7 Å². The van der Waals surface area contributed by atoms with Crippen LogP contribution in [0, 0.1) is 0 Å². The fraction of sp³-hybridized carbons (Fsp3) is 0.273. The van der Waals surface area contributed by atoms with Gasteiger partial charge in [0.1, 0.15) is 11.5 Å². The number of rotatable bonds is 6. The summed E-state index contributed by atoms with van der Waals surface area (Å²) in [4.78, 5) is 29.7. The van der Waals surface area contributed by atoms with Gasteiger partial charge in [0.05, 0.1) is 12.4 Å². The van der Waals surface area contributed by atoms with Crippen LogP contribution in [0.5, 0.6) is 0 Å². The van der Waals surface area contributed by atoms with Crippen molar-refractivity contribution in [3.63, 3.8) is 0 Å². The highest BCUT2D eigenvalue weighted by atomic mass is 16.1. The third kappa shape index (κ3) is 5.14. The molecule has 0 unspecified atom stereocenters. The van der Waals surface area contributed by atoms with Gasteiger partial charge in [0, 0.05) is 51.7 Å². The molecular formula is C22H24N6O. The molecule has 1 aromatic carbocycles. The molecule has 0 saturated carbocycles. The van der Waals surface area contributed by atoms with E-state index in [1.165, 1.54) is 5.56 Å². The number of carbonyl (C=O) groups is 1. The molecule has 0 bridgehead atoms. The maximum Gasteiger partial charge on any atom is 0.271 e. The predicted octanol–water partition coefficient (Wildman–Crippen LogP) is 2.12. The van der Waals surface area contributed by atoms with Crippen LogP contribution in [0.15, 0.2) is 67.3 Å². The number of amides is 1. The third-order valence-electron chi connectivity index (χ3n) is 5.02. The standard InChI is InChI=1S/C22H24N6O/c29-22(26-14-18-6-8-23-9-7-18)20-15-25-21(16-24-20)28-12-10-27(11-13-28)17-19-4-2-1-3-5-19/h1-9,15-16H,10-14,17H2,(H,26,29). The van der Waals surface area contributed by atoms with Crippen molar-refractivity contribution in [2.75, 3.05) is 31.1 Å². The lowest BCUT2D eigenvalue weighted by Gasteiger charge is -2.35. The number of anilines is 1. The number of hydrogen-bond donors (Lipinski definition) is 1. The minimum atomic E-state index is -0.228. The molecule has 3 heterocycles. The minimum absolute atomic E-state index is 0.228. The molecule has 7 heteroatoms. The van der Waals surface area contributed by atoms with E-state index in [2.05, 4.69) is 54.3 Å². The lowest BCUT2D eigenvalue weighted by atomic mass is 10.2. The highest BCUT2D eigenvalue weighted by Crippen LogP contribution is 2.14. The lowest BCUT2D eigenvalue weighted by Crippen LogP contribution is -2.46. The SMILES string of the molecule is O=C(NCc1ccncc1)c1cnc(N2CCN(Cc3ccccc3)CC2)cn1. The Hall–Kier alpha value is -3.32. The van der Waals surface area contributed by atoms with Gasteiger partial charge in [-0.2, -0.15) is 0 Å². The first-order valence-electron chi connectivity index (χ1n) is 9.78. The number of pyridine rings is 1. The Morgan fingerprint density at radius 3 is 2.34 bits per heavy atom. The van der Waals surface area contributed by atoms with Crippen LogP contribution in [0.4, 0.5) is 5.82 Å². The van der Waals surface area contributed by atoms with E-state index < -0.39 is 0 Å². The molecule has 0 spiro atoms. The van der Waals surface area contributed by atoms with Crippen LogP contribution < -0.4 is 10.2 Å². The van der Waals surface area contributed by atoms with Gasteiger partial charge >= 0.3 is 0 Å². The summed E-state index contributed by atoms with van der Waals surface area (Å²) in [6, 6.07) is 14.3. The third-order valence-corrected chi connectivity index (χ3v) is 5.02. The van der Waals surface area contributed by atoms with Crippen LogP contribution in [0.3, 0.4) is 0 Å². The highest BCUT2D eigenvalue weighted by molar-refractivity contribution is 5.91. The van der Waals surface area contributed by atoms with Crippen LogP contribution in [-0.4, -0.2) is 51.9 Å². The topological polar surface area (TPSA) is 74.2 Å². The average molecular weight is 388 g/mol. The van der Waals surface area contributed by atoms with Gasteiger partial charge in [-0.1, -0.05) is 30.3 Å². The first kappa shape index (κ1) is 19.0. The monoisotopic (exact) mass is 388 g/mol. The number of nitrogens with zero attached hydrogens (tertiary/aromatic N) is 5. The van der Waals surface area contributed by atoms with E-state index in [1.54, 1.807) is 24.8 Å². The maximum atomic E-state index is 12.3. The van der Waals surface area contributed by atoms with Crippen LogP contribution in [0.25, 0.3) is 0 Å². The summed E-state index contributed by atoms with van der Waals surface area (Å²) < 4.78 is 0. The molecule has 4 rings (SSSR count). The number of carbonyl (C=O) groups excluding carboxylic acids is 1. The summed E-state index contributed by atoms with van der Waals surface area (Å²) in [6.45, 7) is 5.16. The van der Waals surface area contributed by atoms with E-state index >= 15 is 0 Å². The molecular weight excluding hydrogens is 364 g/mol. The molecule has 1 fully saturated rings. The molecule has 1 N–H and O–H groups in total. The van der Waals surface area contributed by atoms with E-state index in [0.717, 1.165) is 44.1 Å². The van der Waals surface area contributed by atoms with Gasteiger partial charge < -0.3 is 10.2 Å². The lowest BCUT2D eigenvalue weighted by molar-refractivity contribution is 0.0945. The number of piperazine rings is 1. The summed E-state index contributed by atoms with van der Waals surface area (Å²) in [5, 5.41) is 2.85. The Morgan fingerprint density at radius 1 is 0.897 bits per heavy atom. The fourth-order valence-electron chi connectivity index (χ4n) is 3.35. The Morgan fingerprint density at radius 2 is 1.66 bits per heavy atom. The zero-order valence-electron chi connectivity index (χ0n) is 16.2. The molecule has 1 aliphatic heterocycles. The van der Waals surface area contributed by atoms with Crippen molar-refractivity contribution in [2.45, 2.75) is 13.1 Å². The predicted molar refractivity (Wildman–Crippen MR) is 111 cm³/mol. The average Bonchev–Trinajstić information content (AvgIpc) is 2.79. The molecule has 1 saturated heterocycles. The first-order chi connectivity index (χ1) is 14.3. The first-order valence-corrected chi connectivity index (χ1v) is 9.78. The number of nitrogens with one attached hydrogen (secondary N) is 1. The quantitative estimate of drug-likeness (QED) is 0.697. The smallest absolute Gasteiger partial charge is 0.271 e. The van der Waals surface area contributed by atoms with E-state index in [4.69, 9.17) is 0 Å². The maximum absolute atomic E-state index is 12.3. The Kier molecular flexibility index (Phi) is 6.07. The molecule has 29 heavy (non-hydrogen) atoms. The Labute approximate surface area is 170 Å². The molecule has 3 aromatic rings. The second kappa shape index (κ2) is 9.25. The summed E-state index contributed by atoms with van der Waals surface area (Å²) >= 11 is 0. The van der Waals surface area contributed by atoms with Crippen molar-refractivity contribution in [1.82, 2.24) is 25.2 Å². The van der Waals surface area contributed by atoms with Crippen molar-refractivity contribution in [3.05, 3.63) is 84.1 Å². The van der Waals surface area contributed by atoms with E-state index in [9.17, 15) is 4.79 Å². The van der Waals surface area contributed by atoms with Gasteiger partial charge in [-0.05, 0) is 23.3 Å². The van der Waals surface area contributed by atoms with Crippen LogP contribution >= 0.6 is 0 Å². The second-order valence-electron chi connectivity index (χ2n) is 7.05. The van der Waals surface area contributed by atoms with Gasteiger partial charge in [0.25, 0.3) is 5.91 Å². The van der Waals surface area contributed by atoms with Gasteiger partial charge in [-0.15, -0.1) is 0 Å². The van der Waals surface area contributed by atoms with Crippen molar-refractivity contribution in [3.8, 4) is 0 Å². The van der Waals surface area contributed by atoms with Gasteiger partial charge in [-0.25, -0.2) is 9.97 Å². The summed E-state index contributed by atoms with van der Waals surface area (Å²) in [5.41, 5.74) is 2.65. The van der Waals surface area contributed by atoms with Gasteiger partial charge in [0.15, 0.2) is 0 Å². The Balaban J connectivity index is 1.27. The minimum Gasteiger partial charge on any atom is -0.353 e.